The Bertz CT molecular complexity index is 431. The van der Waals surface area contributed by atoms with Gasteiger partial charge >= 0.3 is 0 Å². The Morgan fingerprint density at radius 2 is 2.25 bits per heavy atom. The predicted octanol–water partition coefficient (Wildman–Crippen LogP) is 2.77. The summed E-state index contributed by atoms with van der Waals surface area (Å²) in [6, 6.07) is 3.97. The second-order valence-electron chi connectivity index (χ2n) is 4.01. The summed E-state index contributed by atoms with van der Waals surface area (Å²) in [6.07, 6.45) is 0.885. The van der Waals surface area contributed by atoms with Gasteiger partial charge in [0.05, 0.1) is 0 Å². The molecule has 0 radical (unpaired) electrons. The lowest BCUT2D eigenvalue weighted by atomic mass is 9.95. The summed E-state index contributed by atoms with van der Waals surface area (Å²) < 4.78 is 0. The summed E-state index contributed by atoms with van der Waals surface area (Å²) in [5.74, 6) is 0.0428. The van der Waals surface area contributed by atoms with Crippen molar-refractivity contribution in [3.05, 3.63) is 33.8 Å². The highest BCUT2D eigenvalue weighted by Gasteiger charge is 2.21. The van der Waals surface area contributed by atoms with E-state index in [1.54, 1.807) is 4.90 Å². The molecule has 0 fully saturated rings. The van der Waals surface area contributed by atoms with E-state index in [0.717, 1.165) is 23.6 Å². The first-order valence-electron chi connectivity index (χ1n) is 5.24. The van der Waals surface area contributed by atoms with Gasteiger partial charge in [0, 0.05) is 18.1 Å². The maximum absolute atomic E-state index is 11.5. The molecule has 4 heteroatoms. The molecule has 16 heavy (non-hydrogen) atoms. The van der Waals surface area contributed by atoms with Crippen LogP contribution in [0, 0.1) is 6.92 Å². The fraction of sp³-hybridized carbons (Fsp3) is 0.417. The number of nitrogens with zero attached hydrogens (tertiary/aromatic N) is 1. The minimum absolute atomic E-state index is 0.00769. The summed E-state index contributed by atoms with van der Waals surface area (Å²) in [4.78, 5) is 13.3. The largest absolute Gasteiger partial charge is 0.337 e. The van der Waals surface area contributed by atoms with Crippen molar-refractivity contribution < 1.29 is 4.79 Å². The molecule has 0 aromatic heterocycles. The first-order valence-corrected chi connectivity index (χ1v) is 6.15. The van der Waals surface area contributed by atoms with Gasteiger partial charge in [0.2, 0.25) is 5.91 Å². The number of carbonyl (C=O) groups excluding carboxylic acids is 1. The van der Waals surface area contributed by atoms with E-state index in [1.807, 2.05) is 19.1 Å². The van der Waals surface area contributed by atoms with Crippen molar-refractivity contribution in [3.8, 4) is 0 Å². The minimum atomic E-state index is -0.00769. The van der Waals surface area contributed by atoms with E-state index in [2.05, 4.69) is 0 Å². The molecule has 1 aliphatic heterocycles. The molecule has 0 N–H and O–H groups in total. The minimum Gasteiger partial charge on any atom is -0.337 e. The Morgan fingerprint density at radius 3 is 2.94 bits per heavy atom. The van der Waals surface area contributed by atoms with Crippen LogP contribution in [-0.4, -0.2) is 23.2 Å². The second kappa shape index (κ2) is 4.64. The average Bonchev–Trinajstić information content (AvgIpc) is 2.32. The lowest BCUT2D eigenvalue weighted by Gasteiger charge is -2.29. The van der Waals surface area contributed by atoms with Gasteiger partial charge in [0.25, 0.3) is 0 Å². The smallest absolute Gasteiger partial charge is 0.237 e. The number of halogens is 2. The van der Waals surface area contributed by atoms with Gasteiger partial charge in [0.15, 0.2) is 0 Å². The lowest BCUT2D eigenvalue weighted by Crippen LogP contribution is -2.37. The molecule has 0 bridgehead atoms. The zero-order valence-corrected chi connectivity index (χ0v) is 10.6. The standard InChI is InChI=1S/C12H13Cl2NO/c1-8-10-7-15(12(16)6-13)5-4-9(10)2-3-11(8)14/h2-3H,4-7H2,1H3. The number of alkyl halides is 1. The molecule has 1 aliphatic rings. The Kier molecular flexibility index (Phi) is 3.41. The van der Waals surface area contributed by atoms with Crippen molar-refractivity contribution in [1.29, 1.82) is 0 Å². The quantitative estimate of drug-likeness (QED) is 0.709. The maximum atomic E-state index is 11.5. The average molecular weight is 258 g/mol. The van der Waals surface area contributed by atoms with Gasteiger partial charge in [-0.3, -0.25) is 4.79 Å². The van der Waals surface area contributed by atoms with Crippen LogP contribution in [0.5, 0.6) is 0 Å². The number of hydrogen-bond acceptors (Lipinski definition) is 1. The predicted molar refractivity (Wildman–Crippen MR) is 66.0 cm³/mol. The highest BCUT2D eigenvalue weighted by molar-refractivity contribution is 6.31. The first-order chi connectivity index (χ1) is 7.63. The monoisotopic (exact) mass is 257 g/mol. The fourth-order valence-electron chi connectivity index (χ4n) is 2.06. The van der Waals surface area contributed by atoms with Crippen LogP contribution in [0.15, 0.2) is 12.1 Å². The van der Waals surface area contributed by atoms with Crippen molar-refractivity contribution in [1.82, 2.24) is 4.90 Å². The van der Waals surface area contributed by atoms with Gasteiger partial charge in [0.1, 0.15) is 5.88 Å². The normalized spacial score (nSPS) is 14.8. The molecule has 0 aliphatic carbocycles. The summed E-state index contributed by atoms with van der Waals surface area (Å²) in [7, 11) is 0. The number of amides is 1. The van der Waals surface area contributed by atoms with E-state index in [-0.39, 0.29) is 11.8 Å². The summed E-state index contributed by atoms with van der Waals surface area (Å²) in [6.45, 7) is 3.38. The molecular weight excluding hydrogens is 245 g/mol. The molecule has 2 nitrogen and oxygen atoms in total. The van der Waals surface area contributed by atoms with Crippen LogP contribution < -0.4 is 0 Å². The third kappa shape index (κ3) is 2.04. The maximum Gasteiger partial charge on any atom is 0.237 e. The number of fused-ring (bicyclic) bond motifs is 1. The molecule has 1 heterocycles. The second-order valence-corrected chi connectivity index (χ2v) is 4.68. The number of hydrogen-bond donors (Lipinski definition) is 0. The first kappa shape index (κ1) is 11.7. The van der Waals surface area contributed by atoms with Crippen LogP contribution in [-0.2, 0) is 17.8 Å². The van der Waals surface area contributed by atoms with Crippen LogP contribution in [0.2, 0.25) is 5.02 Å². The van der Waals surface area contributed by atoms with Crippen molar-refractivity contribution >= 4 is 29.1 Å². The molecule has 0 saturated heterocycles. The summed E-state index contributed by atoms with van der Waals surface area (Å²) >= 11 is 11.6. The molecule has 1 aromatic carbocycles. The SMILES string of the molecule is Cc1c(Cl)ccc2c1CN(C(=O)CCl)CC2. The molecular formula is C12H13Cl2NO. The van der Waals surface area contributed by atoms with E-state index in [0.29, 0.717) is 6.54 Å². The molecule has 1 amide bonds. The summed E-state index contributed by atoms with van der Waals surface area (Å²) in [5, 5.41) is 0.763. The molecule has 0 atom stereocenters. The van der Waals surface area contributed by atoms with Gasteiger partial charge in [-0.15, -0.1) is 11.6 Å². The van der Waals surface area contributed by atoms with Crippen molar-refractivity contribution in [3.63, 3.8) is 0 Å². The highest BCUT2D eigenvalue weighted by Crippen LogP contribution is 2.27. The molecule has 2 rings (SSSR count). The van der Waals surface area contributed by atoms with Crippen molar-refractivity contribution in [2.45, 2.75) is 19.9 Å². The molecule has 0 unspecified atom stereocenters. The van der Waals surface area contributed by atoms with E-state index in [1.165, 1.54) is 11.1 Å². The molecule has 86 valence electrons. The van der Waals surface area contributed by atoms with Gasteiger partial charge in [-0.25, -0.2) is 0 Å². The third-order valence-electron chi connectivity index (χ3n) is 3.10. The third-order valence-corrected chi connectivity index (χ3v) is 3.73. The molecule has 0 spiro atoms. The van der Waals surface area contributed by atoms with Crippen LogP contribution in [0.3, 0.4) is 0 Å². The van der Waals surface area contributed by atoms with Gasteiger partial charge < -0.3 is 4.90 Å². The summed E-state index contributed by atoms with van der Waals surface area (Å²) in [5.41, 5.74) is 3.55. The molecule has 1 aromatic rings. The van der Waals surface area contributed by atoms with Crippen molar-refractivity contribution in [2.75, 3.05) is 12.4 Å². The van der Waals surface area contributed by atoms with Gasteiger partial charge in [-0.1, -0.05) is 17.7 Å². The Hall–Kier alpha value is -0.730. The van der Waals surface area contributed by atoms with Crippen LogP contribution in [0.25, 0.3) is 0 Å². The van der Waals surface area contributed by atoms with Gasteiger partial charge in [-0.2, -0.15) is 0 Å². The lowest BCUT2D eigenvalue weighted by molar-refractivity contribution is -0.129. The zero-order chi connectivity index (χ0) is 11.7. The zero-order valence-electron chi connectivity index (χ0n) is 9.09. The van der Waals surface area contributed by atoms with Crippen LogP contribution >= 0.6 is 23.2 Å². The van der Waals surface area contributed by atoms with Gasteiger partial charge in [-0.05, 0) is 36.1 Å². The topological polar surface area (TPSA) is 20.3 Å². The highest BCUT2D eigenvalue weighted by atomic mass is 35.5. The van der Waals surface area contributed by atoms with E-state index >= 15 is 0 Å². The Morgan fingerprint density at radius 1 is 1.50 bits per heavy atom. The van der Waals surface area contributed by atoms with E-state index in [4.69, 9.17) is 23.2 Å². The fourth-order valence-corrected chi connectivity index (χ4v) is 2.41. The Labute approximate surface area is 105 Å². The van der Waals surface area contributed by atoms with Crippen LogP contribution in [0.4, 0.5) is 0 Å². The number of rotatable bonds is 1. The van der Waals surface area contributed by atoms with E-state index in [9.17, 15) is 4.79 Å². The Balaban J connectivity index is 2.32. The van der Waals surface area contributed by atoms with Crippen LogP contribution in [0.1, 0.15) is 16.7 Å². The molecule has 0 saturated carbocycles. The number of carbonyl (C=O) groups is 1. The van der Waals surface area contributed by atoms with E-state index < -0.39 is 0 Å². The van der Waals surface area contributed by atoms with Crippen molar-refractivity contribution in [2.24, 2.45) is 0 Å². The number of benzene rings is 1.